The molecule has 0 radical (unpaired) electrons. The van der Waals surface area contributed by atoms with E-state index in [0.29, 0.717) is 17.6 Å². The number of hydrogen-bond donors (Lipinski definition) is 0. The van der Waals surface area contributed by atoms with Crippen LogP contribution >= 0.6 is 0 Å². The second kappa shape index (κ2) is 5.81. The van der Waals surface area contributed by atoms with Gasteiger partial charge in [0.05, 0.1) is 0 Å². The van der Waals surface area contributed by atoms with E-state index in [4.69, 9.17) is 4.74 Å². The molecule has 2 rings (SSSR count). The fourth-order valence-electron chi connectivity index (χ4n) is 3.09. The predicted molar refractivity (Wildman–Crippen MR) is 64.3 cm³/mol. The van der Waals surface area contributed by atoms with E-state index in [9.17, 15) is 4.79 Å². The summed E-state index contributed by atoms with van der Waals surface area (Å²) < 4.78 is 5.33. The topological polar surface area (TPSA) is 26.3 Å². The van der Waals surface area contributed by atoms with Crippen molar-refractivity contribution in [1.29, 1.82) is 0 Å². The average Bonchev–Trinajstić information content (AvgIpc) is 2.82. The fourth-order valence-corrected chi connectivity index (χ4v) is 3.09. The number of rotatable bonds is 4. The summed E-state index contributed by atoms with van der Waals surface area (Å²) in [7, 11) is 0. The average molecular weight is 224 g/mol. The van der Waals surface area contributed by atoms with Crippen LogP contribution in [0.1, 0.15) is 51.9 Å². The van der Waals surface area contributed by atoms with E-state index in [2.05, 4.69) is 6.92 Å². The SMILES string of the molecule is CCC1CCC(C(=O)CC2CCOC2)CC1. The molecule has 1 unspecified atom stereocenters. The van der Waals surface area contributed by atoms with Gasteiger partial charge in [-0.25, -0.2) is 0 Å². The molecule has 1 saturated carbocycles. The highest BCUT2D eigenvalue weighted by Gasteiger charge is 2.28. The largest absolute Gasteiger partial charge is 0.381 e. The number of ether oxygens (including phenoxy) is 1. The summed E-state index contributed by atoms with van der Waals surface area (Å²) in [6, 6.07) is 0. The highest BCUT2D eigenvalue weighted by molar-refractivity contribution is 5.81. The molecule has 0 amide bonds. The normalized spacial score (nSPS) is 35.2. The fraction of sp³-hybridized carbons (Fsp3) is 0.929. The van der Waals surface area contributed by atoms with Gasteiger partial charge in [0.15, 0.2) is 0 Å². The standard InChI is InChI=1S/C14H24O2/c1-2-11-3-5-13(6-4-11)14(15)9-12-7-8-16-10-12/h11-13H,2-10H2,1H3. The first-order chi connectivity index (χ1) is 7.79. The smallest absolute Gasteiger partial charge is 0.136 e. The maximum Gasteiger partial charge on any atom is 0.136 e. The van der Waals surface area contributed by atoms with Gasteiger partial charge >= 0.3 is 0 Å². The summed E-state index contributed by atoms with van der Waals surface area (Å²) in [5.74, 6) is 2.31. The molecule has 2 aliphatic rings. The lowest BCUT2D eigenvalue weighted by Gasteiger charge is -2.27. The van der Waals surface area contributed by atoms with Crippen molar-refractivity contribution in [1.82, 2.24) is 0 Å². The summed E-state index contributed by atoms with van der Waals surface area (Å²) in [4.78, 5) is 12.1. The minimum Gasteiger partial charge on any atom is -0.381 e. The van der Waals surface area contributed by atoms with Gasteiger partial charge in [0.25, 0.3) is 0 Å². The molecule has 0 bridgehead atoms. The molecule has 2 nitrogen and oxygen atoms in total. The van der Waals surface area contributed by atoms with Crippen molar-refractivity contribution in [2.24, 2.45) is 17.8 Å². The van der Waals surface area contributed by atoms with Crippen molar-refractivity contribution in [2.75, 3.05) is 13.2 Å². The summed E-state index contributed by atoms with van der Waals surface area (Å²) in [6.07, 6.45) is 7.99. The molecule has 0 aromatic heterocycles. The molecule has 1 aliphatic heterocycles. The Balaban J connectivity index is 1.73. The highest BCUT2D eigenvalue weighted by Crippen LogP contribution is 2.32. The molecule has 0 spiro atoms. The van der Waals surface area contributed by atoms with Crippen molar-refractivity contribution in [2.45, 2.75) is 51.9 Å². The molecule has 2 fully saturated rings. The number of hydrogen-bond acceptors (Lipinski definition) is 2. The van der Waals surface area contributed by atoms with E-state index in [0.717, 1.165) is 44.8 Å². The first kappa shape index (κ1) is 12.1. The third-order valence-electron chi connectivity index (χ3n) is 4.39. The van der Waals surface area contributed by atoms with E-state index in [1.165, 1.54) is 19.3 Å². The Labute approximate surface area is 98.7 Å². The van der Waals surface area contributed by atoms with Gasteiger partial charge in [-0.1, -0.05) is 13.3 Å². The zero-order valence-electron chi connectivity index (χ0n) is 10.4. The molecule has 1 aliphatic carbocycles. The quantitative estimate of drug-likeness (QED) is 0.733. The van der Waals surface area contributed by atoms with Crippen LogP contribution in [0.2, 0.25) is 0 Å². The molecule has 0 aromatic carbocycles. The molecule has 1 saturated heterocycles. The third-order valence-corrected chi connectivity index (χ3v) is 4.39. The van der Waals surface area contributed by atoms with Crippen LogP contribution in [0.3, 0.4) is 0 Å². The number of ketones is 1. The van der Waals surface area contributed by atoms with Crippen LogP contribution in [0, 0.1) is 17.8 Å². The summed E-state index contributed by atoms with van der Waals surface area (Å²) in [5.41, 5.74) is 0. The summed E-state index contributed by atoms with van der Waals surface area (Å²) >= 11 is 0. The van der Waals surface area contributed by atoms with Gasteiger partial charge in [-0.15, -0.1) is 0 Å². The molecule has 92 valence electrons. The van der Waals surface area contributed by atoms with Gasteiger partial charge in [0.1, 0.15) is 5.78 Å². The van der Waals surface area contributed by atoms with Crippen molar-refractivity contribution in [3.8, 4) is 0 Å². The number of Topliss-reactive ketones (excluding diaryl/α,β-unsaturated/α-hetero) is 1. The number of carbonyl (C=O) groups excluding carboxylic acids is 1. The highest BCUT2D eigenvalue weighted by atomic mass is 16.5. The predicted octanol–water partition coefficient (Wildman–Crippen LogP) is 3.20. The van der Waals surface area contributed by atoms with Gasteiger partial charge in [0, 0.05) is 25.6 Å². The third kappa shape index (κ3) is 3.07. The Hall–Kier alpha value is -0.370. The number of carbonyl (C=O) groups is 1. The van der Waals surface area contributed by atoms with Crippen LogP contribution in [-0.2, 0) is 9.53 Å². The van der Waals surface area contributed by atoms with Crippen LogP contribution in [0.15, 0.2) is 0 Å². The Bertz CT molecular complexity index is 223. The second-order valence-electron chi connectivity index (χ2n) is 5.53. The van der Waals surface area contributed by atoms with E-state index in [1.807, 2.05) is 0 Å². The first-order valence-corrected chi connectivity index (χ1v) is 6.90. The van der Waals surface area contributed by atoms with Crippen molar-refractivity contribution in [3.05, 3.63) is 0 Å². The maximum atomic E-state index is 12.1. The van der Waals surface area contributed by atoms with Crippen LogP contribution in [0.25, 0.3) is 0 Å². The first-order valence-electron chi connectivity index (χ1n) is 6.90. The van der Waals surface area contributed by atoms with Gasteiger partial charge in [-0.05, 0) is 43.9 Å². The Morgan fingerprint density at radius 3 is 2.44 bits per heavy atom. The van der Waals surface area contributed by atoms with Crippen LogP contribution < -0.4 is 0 Å². The molecular weight excluding hydrogens is 200 g/mol. The molecule has 1 atom stereocenters. The summed E-state index contributed by atoms with van der Waals surface area (Å²) in [5, 5.41) is 0. The van der Waals surface area contributed by atoms with Crippen LogP contribution in [-0.4, -0.2) is 19.0 Å². The molecule has 2 heteroatoms. The summed E-state index contributed by atoms with van der Waals surface area (Å²) in [6.45, 7) is 3.94. The lowest BCUT2D eigenvalue weighted by molar-refractivity contribution is -0.125. The minimum atomic E-state index is 0.378. The maximum absolute atomic E-state index is 12.1. The van der Waals surface area contributed by atoms with Crippen LogP contribution in [0.5, 0.6) is 0 Å². The Morgan fingerprint density at radius 2 is 1.88 bits per heavy atom. The van der Waals surface area contributed by atoms with E-state index in [1.54, 1.807) is 0 Å². The van der Waals surface area contributed by atoms with E-state index in [-0.39, 0.29) is 0 Å². The van der Waals surface area contributed by atoms with E-state index < -0.39 is 0 Å². The Morgan fingerprint density at radius 1 is 1.12 bits per heavy atom. The Kier molecular flexibility index (Phi) is 4.39. The zero-order chi connectivity index (χ0) is 11.4. The lowest BCUT2D eigenvalue weighted by Crippen LogP contribution is -2.23. The monoisotopic (exact) mass is 224 g/mol. The van der Waals surface area contributed by atoms with Crippen molar-refractivity contribution < 1.29 is 9.53 Å². The molecule has 0 aromatic rings. The van der Waals surface area contributed by atoms with Crippen molar-refractivity contribution >= 4 is 5.78 Å². The van der Waals surface area contributed by atoms with E-state index >= 15 is 0 Å². The zero-order valence-corrected chi connectivity index (χ0v) is 10.4. The minimum absolute atomic E-state index is 0.378. The van der Waals surface area contributed by atoms with Crippen molar-refractivity contribution in [3.63, 3.8) is 0 Å². The molecular formula is C14H24O2. The van der Waals surface area contributed by atoms with Crippen LogP contribution in [0.4, 0.5) is 0 Å². The second-order valence-corrected chi connectivity index (χ2v) is 5.53. The van der Waals surface area contributed by atoms with Gasteiger partial charge in [-0.2, -0.15) is 0 Å². The van der Waals surface area contributed by atoms with Gasteiger partial charge in [0.2, 0.25) is 0 Å². The molecule has 1 heterocycles. The molecule has 16 heavy (non-hydrogen) atoms. The van der Waals surface area contributed by atoms with Gasteiger partial charge < -0.3 is 4.74 Å². The van der Waals surface area contributed by atoms with Gasteiger partial charge in [-0.3, -0.25) is 4.79 Å². The lowest BCUT2D eigenvalue weighted by atomic mass is 9.77. The molecule has 0 N–H and O–H groups in total.